The van der Waals surface area contributed by atoms with Gasteiger partial charge in [-0.05, 0) is 30.7 Å². The van der Waals surface area contributed by atoms with Gasteiger partial charge >= 0.3 is 0 Å². The first-order valence-corrected chi connectivity index (χ1v) is 6.83. The lowest BCUT2D eigenvalue weighted by Crippen LogP contribution is -2.41. The monoisotopic (exact) mass is 292 g/mol. The Morgan fingerprint density at radius 2 is 2.29 bits per heavy atom. The fourth-order valence-electron chi connectivity index (χ4n) is 2.15. The lowest BCUT2D eigenvalue weighted by molar-refractivity contribution is -0.115. The third-order valence-electron chi connectivity index (χ3n) is 3.47. The lowest BCUT2D eigenvalue weighted by atomic mass is 10.0. The normalized spacial score (nSPS) is 16.0. The Kier molecular flexibility index (Phi) is 4.59. The molecule has 1 aliphatic rings. The molecule has 6 nitrogen and oxygen atoms in total. The van der Waals surface area contributed by atoms with Gasteiger partial charge in [-0.1, -0.05) is 0 Å². The van der Waals surface area contributed by atoms with E-state index in [0.717, 1.165) is 11.3 Å². The van der Waals surface area contributed by atoms with E-state index in [1.54, 1.807) is 32.2 Å². The highest BCUT2D eigenvalue weighted by molar-refractivity contribution is 6.01. The largest absolute Gasteiger partial charge is 0.388 e. The van der Waals surface area contributed by atoms with Crippen LogP contribution in [0.15, 0.2) is 18.2 Å². The average molecular weight is 292 g/mol. The molecule has 6 heteroatoms. The molecule has 2 amide bonds. The molecule has 1 aliphatic heterocycles. The summed E-state index contributed by atoms with van der Waals surface area (Å²) >= 11 is 0. The first kappa shape index (κ1) is 15.5. The Balaban J connectivity index is 1.95. The van der Waals surface area contributed by atoms with Gasteiger partial charge in [0, 0.05) is 37.9 Å². The smallest absolute Gasteiger partial charge is 0.251 e. The van der Waals surface area contributed by atoms with Crippen molar-refractivity contribution in [2.24, 2.45) is 0 Å². The number of amides is 2. The van der Waals surface area contributed by atoms with Gasteiger partial charge in [-0.25, -0.2) is 0 Å². The summed E-state index contributed by atoms with van der Waals surface area (Å²) in [5.41, 5.74) is 1.04. The standard InChI is InChI=1S/C15H20N2O4/c1-15(20,5-6-21-2)9-16-14(19)10-3-4-12-11(7-10)8-13(18)17-12/h3-4,7,20H,5-6,8-9H2,1-2H3,(H,16,19)(H,17,18). The minimum Gasteiger partial charge on any atom is -0.388 e. The number of carbonyl (C=O) groups excluding carboxylic acids is 2. The van der Waals surface area contributed by atoms with Gasteiger partial charge in [0.25, 0.3) is 5.91 Å². The van der Waals surface area contributed by atoms with E-state index in [9.17, 15) is 14.7 Å². The summed E-state index contributed by atoms with van der Waals surface area (Å²) in [4.78, 5) is 23.4. The molecule has 2 rings (SSSR count). The van der Waals surface area contributed by atoms with Crippen LogP contribution in [0.25, 0.3) is 0 Å². The van der Waals surface area contributed by atoms with Crippen LogP contribution in [0.1, 0.15) is 29.3 Å². The Hall–Kier alpha value is -1.92. The number of ether oxygens (including phenoxy) is 1. The molecule has 21 heavy (non-hydrogen) atoms. The molecule has 0 fully saturated rings. The van der Waals surface area contributed by atoms with E-state index in [1.807, 2.05) is 0 Å². The van der Waals surface area contributed by atoms with Crippen molar-refractivity contribution >= 4 is 17.5 Å². The lowest BCUT2D eigenvalue weighted by Gasteiger charge is -2.23. The van der Waals surface area contributed by atoms with E-state index < -0.39 is 5.60 Å². The number of fused-ring (bicyclic) bond motifs is 1. The van der Waals surface area contributed by atoms with Crippen LogP contribution in [0.3, 0.4) is 0 Å². The molecular weight excluding hydrogens is 272 g/mol. The van der Waals surface area contributed by atoms with Crippen LogP contribution in [0, 0.1) is 0 Å². The predicted molar refractivity (Wildman–Crippen MR) is 78.2 cm³/mol. The number of hydrogen-bond acceptors (Lipinski definition) is 4. The molecular formula is C15H20N2O4. The van der Waals surface area contributed by atoms with Crippen molar-refractivity contribution in [2.45, 2.75) is 25.4 Å². The summed E-state index contributed by atoms with van der Waals surface area (Å²) in [6.45, 7) is 2.22. The third-order valence-corrected chi connectivity index (χ3v) is 3.47. The van der Waals surface area contributed by atoms with E-state index in [-0.39, 0.29) is 18.4 Å². The number of methoxy groups -OCH3 is 1. The van der Waals surface area contributed by atoms with E-state index in [0.29, 0.717) is 25.0 Å². The molecule has 1 heterocycles. The van der Waals surface area contributed by atoms with Gasteiger partial charge in [-0.2, -0.15) is 0 Å². The average Bonchev–Trinajstić information content (AvgIpc) is 2.81. The fourth-order valence-corrected chi connectivity index (χ4v) is 2.15. The van der Waals surface area contributed by atoms with Crippen molar-refractivity contribution in [3.63, 3.8) is 0 Å². The van der Waals surface area contributed by atoms with E-state index in [1.165, 1.54) is 0 Å². The number of aliphatic hydroxyl groups is 1. The molecule has 0 aliphatic carbocycles. The second kappa shape index (κ2) is 6.24. The van der Waals surface area contributed by atoms with Crippen LogP contribution in [0.5, 0.6) is 0 Å². The topological polar surface area (TPSA) is 87.7 Å². The number of anilines is 1. The van der Waals surface area contributed by atoms with Gasteiger partial charge in [0.2, 0.25) is 5.91 Å². The quantitative estimate of drug-likeness (QED) is 0.720. The molecule has 1 atom stereocenters. The molecule has 0 radical (unpaired) electrons. The van der Waals surface area contributed by atoms with Gasteiger partial charge in [0.05, 0.1) is 12.0 Å². The summed E-state index contributed by atoms with van der Waals surface area (Å²) < 4.78 is 4.92. The molecule has 0 bridgehead atoms. The molecule has 0 aromatic heterocycles. The van der Waals surface area contributed by atoms with Crippen LogP contribution in [-0.2, 0) is 16.0 Å². The second-order valence-corrected chi connectivity index (χ2v) is 5.52. The molecule has 0 saturated carbocycles. The van der Waals surface area contributed by atoms with Crippen LogP contribution < -0.4 is 10.6 Å². The molecule has 1 aromatic carbocycles. The Morgan fingerprint density at radius 1 is 1.52 bits per heavy atom. The maximum absolute atomic E-state index is 12.1. The maximum atomic E-state index is 12.1. The highest BCUT2D eigenvalue weighted by atomic mass is 16.5. The number of nitrogens with one attached hydrogen (secondary N) is 2. The van der Waals surface area contributed by atoms with Gasteiger partial charge in [-0.3, -0.25) is 9.59 Å². The van der Waals surface area contributed by atoms with Crippen LogP contribution in [0.2, 0.25) is 0 Å². The van der Waals surface area contributed by atoms with Crippen LogP contribution in [-0.4, -0.2) is 42.8 Å². The first-order valence-electron chi connectivity index (χ1n) is 6.83. The van der Waals surface area contributed by atoms with Crippen molar-refractivity contribution in [1.29, 1.82) is 0 Å². The third kappa shape index (κ3) is 4.03. The highest BCUT2D eigenvalue weighted by Crippen LogP contribution is 2.23. The van der Waals surface area contributed by atoms with Crippen molar-refractivity contribution < 1.29 is 19.4 Å². The van der Waals surface area contributed by atoms with Gasteiger partial charge in [0.1, 0.15) is 0 Å². The zero-order valence-electron chi connectivity index (χ0n) is 12.2. The zero-order valence-corrected chi connectivity index (χ0v) is 12.2. The van der Waals surface area contributed by atoms with E-state index >= 15 is 0 Å². The predicted octanol–water partition coefficient (Wildman–Crippen LogP) is 0.699. The second-order valence-electron chi connectivity index (χ2n) is 5.52. The summed E-state index contributed by atoms with van der Waals surface area (Å²) in [7, 11) is 1.56. The molecule has 0 spiro atoms. The Labute approximate surface area is 123 Å². The minimum atomic E-state index is -1.01. The Morgan fingerprint density at radius 3 is 3.00 bits per heavy atom. The SMILES string of the molecule is COCCC(C)(O)CNC(=O)c1ccc2c(c1)CC(=O)N2. The van der Waals surface area contributed by atoms with Crippen molar-refractivity contribution in [3.05, 3.63) is 29.3 Å². The van der Waals surface area contributed by atoms with Crippen molar-refractivity contribution in [3.8, 4) is 0 Å². The number of hydrogen-bond donors (Lipinski definition) is 3. The summed E-state index contributed by atoms with van der Waals surface area (Å²) in [6.07, 6.45) is 0.731. The summed E-state index contributed by atoms with van der Waals surface area (Å²) in [5, 5.41) is 15.5. The van der Waals surface area contributed by atoms with Crippen molar-refractivity contribution in [1.82, 2.24) is 5.32 Å². The molecule has 3 N–H and O–H groups in total. The number of carbonyl (C=O) groups is 2. The number of rotatable bonds is 6. The van der Waals surface area contributed by atoms with Gasteiger partial charge in [-0.15, -0.1) is 0 Å². The summed E-state index contributed by atoms with van der Waals surface area (Å²) in [5.74, 6) is -0.333. The highest BCUT2D eigenvalue weighted by Gasteiger charge is 2.22. The van der Waals surface area contributed by atoms with E-state index in [2.05, 4.69) is 10.6 Å². The van der Waals surface area contributed by atoms with Crippen molar-refractivity contribution in [2.75, 3.05) is 25.6 Å². The van der Waals surface area contributed by atoms with Crippen LogP contribution >= 0.6 is 0 Å². The molecule has 0 saturated heterocycles. The number of benzene rings is 1. The van der Waals surface area contributed by atoms with Crippen LogP contribution in [0.4, 0.5) is 5.69 Å². The van der Waals surface area contributed by atoms with Gasteiger partial charge in [0.15, 0.2) is 0 Å². The Bertz CT molecular complexity index is 555. The first-order chi connectivity index (χ1) is 9.91. The summed E-state index contributed by atoms with van der Waals surface area (Å²) in [6, 6.07) is 5.08. The molecule has 1 unspecified atom stereocenters. The molecule has 1 aromatic rings. The fraction of sp³-hybridized carbons (Fsp3) is 0.467. The van der Waals surface area contributed by atoms with E-state index in [4.69, 9.17) is 4.74 Å². The molecule has 114 valence electrons. The maximum Gasteiger partial charge on any atom is 0.251 e. The zero-order chi connectivity index (χ0) is 15.5. The minimum absolute atomic E-state index is 0.0648. The van der Waals surface area contributed by atoms with Gasteiger partial charge < -0.3 is 20.5 Å².